The summed E-state index contributed by atoms with van der Waals surface area (Å²) in [5, 5.41) is 0. The van der Waals surface area contributed by atoms with E-state index in [4.69, 9.17) is 9.47 Å². The van der Waals surface area contributed by atoms with E-state index >= 15 is 0 Å². The third-order valence-electron chi connectivity index (χ3n) is 2.35. The summed E-state index contributed by atoms with van der Waals surface area (Å²) >= 11 is 0. The summed E-state index contributed by atoms with van der Waals surface area (Å²) in [6, 6.07) is 0. The first-order chi connectivity index (χ1) is 8.39. The van der Waals surface area contributed by atoms with E-state index < -0.39 is 5.60 Å². The average molecular weight is 254 g/mol. The summed E-state index contributed by atoms with van der Waals surface area (Å²) in [7, 11) is 0. The molecule has 0 bridgehead atoms. The highest BCUT2D eigenvalue weighted by Gasteiger charge is 2.30. The van der Waals surface area contributed by atoms with E-state index in [2.05, 4.69) is 4.99 Å². The largest absolute Gasteiger partial charge is 0.443 e. The molecule has 1 aliphatic heterocycles. The Morgan fingerprint density at radius 2 is 2.22 bits per heavy atom. The van der Waals surface area contributed by atoms with Crippen LogP contribution >= 0.6 is 0 Å². The number of rotatable bonds is 2. The van der Waals surface area contributed by atoms with Crippen LogP contribution in [-0.2, 0) is 9.47 Å². The van der Waals surface area contributed by atoms with E-state index in [-0.39, 0.29) is 12.8 Å². The van der Waals surface area contributed by atoms with Gasteiger partial charge in [-0.2, -0.15) is 0 Å². The standard InChI is InChI=1S/C13H22N2O3/c1-6-10(14-7-2)11-8-17-9-15(11)12(16)18-13(3,4)5/h7H,6,8-9H2,1-5H3/b11-10-,14-7?. The lowest BCUT2D eigenvalue weighted by Gasteiger charge is -2.24. The highest BCUT2D eigenvalue weighted by molar-refractivity contribution is 5.71. The Bertz CT molecular complexity index is 367. The molecule has 0 unspecified atom stereocenters. The number of hydrogen-bond acceptors (Lipinski definition) is 4. The predicted octanol–water partition coefficient (Wildman–Crippen LogP) is 2.92. The zero-order chi connectivity index (χ0) is 13.8. The molecule has 0 radical (unpaired) electrons. The van der Waals surface area contributed by atoms with Crippen molar-refractivity contribution in [3.05, 3.63) is 11.4 Å². The molecular formula is C13H22N2O3. The summed E-state index contributed by atoms with van der Waals surface area (Å²) < 4.78 is 10.7. The third kappa shape index (κ3) is 3.84. The van der Waals surface area contributed by atoms with Gasteiger partial charge in [0, 0.05) is 6.21 Å². The van der Waals surface area contributed by atoms with Crippen LogP contribution in [0.1, 0.15) is 41.0 Å². The molecule has 0 spiro atoms. The second kappa shape index (κ2) is 6.00. The van der Waals surface area contributed by atoms with Crippen LogP contribution in [0, 0.1) is 0 Å². The second-order valence-corrected chi connectivity index (χ2v) is 5.02. The van der Waals surface area contributed by atoms with Gasteiger partial charge in [-0.25, -0.2) is 4.79 Å². The molecule has 102 valence electrons. The molecule has 18 heavy (non-hydrogen) atoms. The Kier molecular flexibility index (Phi) is 4.90. The summed E-state index contributed by atoms with van der Waals surface area (Å²) in [5.74, 6) is 0. The van der Waals surface area contributed by atoms with Crippen molar-refractivity contribution in [1.29, 1.82) is 0 Å². The third-order valence-corrected chi connectivity index (χ3v) is 2.35. The number of allylic oxidation sites excluding steroid dienone is 1. The van der Waals surface area contributed by atoms with Crippen molar-refractivity contribution in [3.8, 4) is 0 Å². The van der Waals surface area contributed by atoms with E-state index in [1.807, 2.05) is 34.6 Å². The molecule has 1 amide bonds. The minimum absolute atomic E-state index is 0.229. The van der Waals surface area contributed by atoms with Crippen molar-refractivity contribution >= 4 is 12.3 Å². The molecule has 0 N–H and O–H groups in total. The molecule has 1 rings (SSSR count). The van der Waals surface area contributed by atoms with Gasteiger partial charge in [-0.3, -0.25) is 9.89 Å². The van der Waals surface area contributed by atoms with Crippen LogP contribution in [0.4, 0.5) is 4.79 Å². The molecule has 0 aliphatic carbocycles. The second-order valence-electron chi connectivity index (χ2n) is 5.02. The fourth-order valence-electron chi connectivity index (χ4n) is 1.63. The van der Waals surface area contributed by atoms with Crippen LogP contribution < -0.4 is 0 Å². The van der Waals surface area contributed by atoms with Gasteiger partial charge in [-0.15, -0.1) is 0 Å². The number of carbonyl (C=O) groups is 1. The van der Waals surface area contributed by atoms with Crippen LogP contribution in [-0.4, -0.2) is 36.1 Å². The van der Waals surface area contributed by atoms with Gasteiger partial charge < -0.3 is 9.47 Å². The van der Waals surface area contributed by atoms with Gasteiger partial charge in [0.2, 0.25) is 0 Å². The van der Waals surface area contributed by atoms with E-state index in [9.17, 15) is 4.79 Å². The summed E-state index contributed by atoms with van der Waals surface area (Å²) in [4.78, 5) is 17.8. The molecule has 5 nitrogen and oxygen atoms in total. The maximum absolute atomic E-state index is 12.0. The van der Waals surface area contributed by atoms with Gasteiger partial charge >= 0.3 is 6.09 Å². The molecule has 0 atom stereocenters. The lowest BCUT2D eigenvalue weighted by atomic mass is 10.2. The topological polar surface area (TPSA) is 51.1 Å². The van der Waals surface area contributed by atoms with E-state index in [1.165, 1.54) is 4.90 Å². The summed E-state index contributed by atoms with van der Waals surface area (Å²) in [5.41, 5.74) is 1.15. The number of aliphatic imine (C=N–C) groups is 1. The lowest BCUT2D eigenvalue weighted by Crippen LogP contribution is -2.34. The van der Waals surface area contributed by atoms with Crippen molar-refractivity contribution in [2.75, 3.05) is 13.3 Å². The smallest absolute Gasteiger partial charge is 0.416 e. The highest BCUT2D eigenvalue weighted by atomic mass is 16.6. The highest BCUT2D eigenvalue weighted by Crippen LogP contribution is 2.23. The fraction of sp³-hybridized carbons (Fsp3) is 0.692. The van der Waals surface area contributed by atoms with Crippen molar-refractivity contribution in [2.24, 2.45) is 4.99 Å². The van der Waals surface area contributed by atoms with Crippen molar-refractivity contribution in [3.63, 3.8) is 0 Å². The number of carbonyl (C=O) groups excluding carboxylic acids is 1. The average Bonchev–Trinajstić information content (AvgIpc) is 2.72. The van der Waals surface area contributed by atoms with E-state index in [1.54, 1.807) is 6.21 Å². The van der Waals surface area contributed by atoms with Crippen LogP contribution in [0.2, 0.25) is 0 Å². The monoisotopic (exact) mass is 254 g/mol. The SMILES string of the molecule is CC=N/C(CC)=C1/COCN1C(=O)OC(C)(C)C. The lowest BCUT2D eigenvalue weighted by molar-refractivity contribution is 0.0235. The summed E-state index contributed by atoms with van der Waals surface area (Å²) in [6.07, 6.45) is 2.09. The number of hydrogen-bond donors (Lipinski definition) is 0. The molecule has 0 aromatic carbocycles. The van der Waals surface area contributed by atoms with Crippen molar-refractivity contribution in [2.45, 2.75) is 46.6 Å². The van der Waals surface area contributed by atoms with Crippen molar-refractivity contribution in [1.82, 2.24) is 4.90 Å². The number of amides is 1. The van der Waals surface area contributed by atoms with Gasteiger partial charge in [-0.1, -0.05) is 6.92 Å². The number of nitrogens with zero attached hydrogens (tertiary/aromatic N) is 2. The first-order valence-electron chi connectivity index (χ1n) is 6.18. The van der Waals surface area contributed by atoms with Crippen LogP contribution in [0.3, 0.4) is 0 Å². The van der Waals surface area contributed by atoms with E-state index in [0.29, 0.717) is 6.61 Å². The molecule has 1 saturated heterocycles. The minimum atomic E-state index is -0.509. The Morgan fingerprint density at radius 1 is 1.56 bits per heavy atom. The number of ether oxygens (including phenoxy) is 2. The Hall–Kier alpha value is -1.36. The quantitative estimate of drug-likeness (QED) is 0.712. The Labute approximate surface area is 108 Å². The van der Waals surface area contributed by atoms with E-state index in [0.717, 1.165) is 17.8 Å². The molecule has 5 heteroatoms. The molecule has 1 aliphatic rings. The van der Waals surface area contributed by atoms with Crippen LogP contribution in [0.5, 0.6) is 0 Å². The molecular weight excluding hydrogens is 232 g/mol. The Morgan fingerprint density at radius 3 is 2.72 bits per heavy atom. The molecule has 1 heterocycles. The normalized spacial score (nSPS) is 19.5. The van der Waals surface area contributed by atoms with Gasteiger partial charge in [0.15, 0.2) is 0 Å². The van der Waals surface area contributed by atoms with Gasteiger partial charge in [0.05, 0.1) is 18.0 Å². The maximum Gasteiger partial charge on any atom is 0.416 e. The predicted molar refractivity (Wildman–Crippen MR) is 70.4 cm³/mol. The maximum atomic E-state index is 12.0. The first-order valence-corrected chi connectivity index (χ1v) is 6.18. The first kappa shape index (κ1) is 14.7. The van der Waals surface area contributed by atoms with Crippen LogP contribution in [0.15, 0.2) is 16.4 Å². The zero-order valence-electron chi connectivity index (χ0n) is 11.8. The molecule has 0 aromatic rings. The van der Waals surface area contributed by atoms with Gasteiger partial charge in [0.25, 0.3) is 0 Å². The molecule has 0 saturated carbocycles. The van der Waals surface area contributed by atoms with Crippen LogP contribution in [0.25, 0.3) is 0 Å². The fourth-order valence-corrected chi connectivity index (χ4v) is 1.63. The van der Waals surface area contributed by atoms with Crippen molar-refractivity contribution < 1.29 is 14.3 Å². The Balaban J connectivity index is 2.91. The van der Waals surface area contributed by atoms with Gasteiger partial charge in [0.1, 0.15) is 12.3 Å². The molecule has 0 aromatic heterocycles. The molecule has 1 fully saturated rings. The zero-order valence-corrected chi connectivity index (χ0v) is 11.8. The minimum Gasteiger partial charge on any atom is -0.443 e. The summed E-state index contributed by atoms with van der Waals surface area (Å²) in [6.45, 7) is 10.0. The van der Waals surface area contributed by atoms with Gasteiger partial charge in [-0.05, 0) is 34.1 Å².